The molecule has 0 heterocycles. The number of rotatable bonds is 5. The van der Waals surface area contributed by atoms with E-state index in [2.05, 4.69) is 4.74 Å². The van der Waals surface area contributed by atoms with Gasteiger partial charge in [-0.2, -0.15) is 0 Å². The molecule has 104 valence electrons. The zero-order valence-corrected chi connectivity index (χ0v) is 13.2. The molecule has 0 radical (unpaired) electrons. The van der Waals surface area contributed by atoms with E-state index in [9.17, 15) is 9.59 Å². The summed E-state index contributed by atoms with van der Waals surface area (Å²) >= 11 is 1.50. The predicted octanol–water partition coefficient (Wildman–Crippen LogP) is 3.85. The minimum Gasteiger partial charge on any atom is -0.457 e. The Hall–Kier alpha value is -0.330. The van der Waals surface area contributed by atoms with Crippen molar-refractivity contribution in [3.8, 4) is 0 Å². The molecular formula is C13H21IO4. The lowest BCUT2D eigenvalue weighted by Crippen LogP contribution is -2.41. The molecule has 0 aromatic carbocycles. The fourth-order valence-corrected chi connectivity index (χ4v) is 2.72. The van der Waals surface area contributed by atoms with Gasteiger partial charge in [-0.05, 0) is 32.1 Å². The van der Waals surface area contributed by atoms with E-state index in [4.69, 9.17) is 4.74 Å². The second kappa shape index (κ2) is 7.31. The number of hydrogen-bond acceptors (Lipinski definition) is 4. The van der Waals surface area contributed by atoms with Crippen LogP contribution in [0.15, 0.2) is 0 Å². The summed E-state index contributed by atoms with van der Waals surface area (Å²) in [7, 11) is 0. The van der Waals surface area contributed by atoms with Gasteiger partial charge in [-0.25, -0.2) is 9.59 Å². The van der Waals surface area contributed by atoms with Crippen LogP contribution in [0.5, 0.6) is 0 Å². The van der Waals surface area contributed by atoms with Crippen molar-refractivity contribution in [1.82, 2.24) is 0 Å². The van der Waals surface area contributed by atoms with Gasteiger partial charge in [0, 0.05) is 0 Å². The molecule has 1 saturated carbocycles. The summed E-state index contributed by atoms with van der Waals surface area (Å²) in [6.45, 7) is 3.74. The van der Waals surface area contributed by atoms with Crippen molar-refractivity contribution in [2.75, 3.05) is 6.61 Å². The summed E-state index contributed by atoms with van der Waals surface area (Å²) in [6, 6.07) is 0. The van der Waals surface area contributed by atoms with Crippen molar-refractivity contribution in [3.05, 3.63) is 0 Å². The third-order valence-electron chi connectivity index (χ3n) is 3.82. The van der Waals surface area contributed by atoms with E-state index in [0.29, 0.717) is 5.92 Å². The average Bonchev–Trinajstić information content (AvgIpc) is 2.37. The van der Waals surface area contributed by atoms with Gasteiger partial charge in [-0.15, -0.1) is 0 Å². The molecular weight excluding hydrogens is 347 g/mol. The maximum atomic E-state index is 11.7. The first-order chi connectivity index (χ1) is 8.48. The molecule has 18 heavy (non-hydrogen) atoms. The first-order valence-corrected chi connectivity index (χ1v) is 7.60. The van der Waals surface area contributed by atoms with Crippen LogP contribution >= 0.6 is 22.6 Å². The van der Waals surface area contributed by atoms with Crippen molar-refractivity contribution in [2.45, 2.75) is 58.0 Å². The van der Waals surface area contributed by atoms with Crippen LogP contribution in [0.25, 0.3) is 0 Å². The number of ether oxygens (including phenoxy) is 2. The largest absolute Gasteiger partial charge is 0.457 e. The molecule has 1 atom stereocenters. The molecule has 0 amide bonds. The SMILES string of the molecule is CCC(C)(OC(=O)COC(=O)I)C1CCCCC1. The number of esters is 1. The van der Waals surface area contributed by atoms with Crippen molar-refractivity contribution >= 4 is 32.5 Å². The smallest absolute Gasteiger partial charge is 0.367 e. The maximum absolute atomic E-state index is 11.7. The second-order valence-electron chi connectivity index (χ2n) is 5.00. The lowest BCUT2D eigenvalue weighted by atomic mass is 9.76. The number of carbonyl (C=O) groups excluding carboxylic acids is 2. The molecule has 4 nitrogen and oxygen atoms in total. The zero-order chi connectivity index (χ0) is 13.6. The Morgan fingerprint density at radius 1 is 1.28 bits per heavy atom. The van der Waals surface area contributed by atoms with E-state index in [1.165, 1.54) is 41.9 Å². The second-order valence-corrected chi connectivity index (χ2v) is 5.88. The maximum Gasteiger partial charge on any atom is 0.367 e. The highest BCUT2D eigenvalue weighted by Gasteiger charge is 2.37. The average molecular weight is 368 g/mol. The van der Waals surface area contributed by atoms with Crippen LogP contribution in [0.2, 0.25) is 0 Å². The minimum absolute atomic E-state index is 0.288. The number of carbonyl (C=O) groups is 2. The van der Waals surface area contributed by atoms with Gasteiger partial charge in [0.25, 0.3) is 0 Å². The van der Waals surface area contributed by atoms with Crippen LogP contribution in [0.4, 0.5) is 4.79 Å². The molecule has 0 spiro atoms. The van der Waals surface area contributed by atoms with E-state index in [1.807, 2.05) is 13.8 Å². The summed E-state index contributed by atoms with van der Waals surface area (Å²) < 4.78 is 9.73. The Bertz CT molecular complexity index is 299. The summed E-state index contributed by atoms with van der Waals surface area (Å²) in [5.41, 5.74) is -0.421. The van der Waals surface area contributed by atoms with Crippen molar-refractivity contribution in [2.24, 2.45) is 5.92 Å². The highest BCUT2D eigenvalue weighted by Crippen LogP contribution is 2.37. The van der Waals surface area contributed by atoms with E-state index in [-0.39, 0.29) is 6.61 Å². The normalized spacial score (nSPS) is 19.9. The minimum atomic E-state index is -0.486. The van der Waals surface area contributed by atoms with Gasteiger partial charge in [-0.1, -0.05) is 26.2 Å². The Morgan fingerprint density at radius 3 is 2.39 bits per heavy atom. The van der Waals surface area contributed by atoms with Crippen LogP contribution in [0.3, 0.4) is 0 Å². The summed E-state index contributed by atoms with van der Waals surface area (Å²) in [5, 5.41) is 0. The van der Waals surface area contributed by atoms with E-state index >= 15 is 0 Å². The first kappa shape index (κ1) is 15.7. The highest BCUT2D eigenvalue weighted by molar-refractivity contribution is 14.1. The van der Waals surface area contributed by atoms with Gasteiger partial charge in [0.05, 0.1) is 22.6 Å². The fourth-order valence-electron chi connectivity index (χ4n) is 2.56. The van der Waals surface area contributed by atoms with Crippen LogP contribution in [0.1, 0.15) is 52.4 Å². The lowest BCUT2D eigenvalue weighted by Gasteiger charge is -2.38. The highest BCUT2D eigenvalue weighted by atomic mass is 127. The van der Waals surface area contributed by atoms with E-state index < -0.39 is 15.5 Å². The molecule has 0 aromatic heterocycles. The topological polar surface area (TPSA) is 52.6 Å². The summed E-state index contributed by atoms with van der Waals surface area (Å²) in [5.74, 6) is -0.0227. The third-order valence-corrected chi connectivity index (χ3v) is 4.13. The Morgan fingerprint density at radius 2 is 1.89 bits per heavy atom. The molecule has 0 aromatic rings. The van der Waals surface area contributed by atoms with Crippen molar-refractivity contribution in [1.29, 1.82) is 0 Å². The van der Waals surface area contributed by atoms with Gasteiger partial charge in [0.2, 0.25) is 0 Å². The predicted molar refractivity (Wildman–Crippen MR) is 76.7 cm³/mol. The summed E-state index contributed by atoms with van der Waals surface area (Å²) in [6.07, 6.45) is 6.72. The Balaban J connectivity index is 2.52. The van der Waals surface area contributed by atoms with Gasteiger partial charge in [-0.3, -0.25) is 0 Å². The molecule has 0 N–H and O–H groups in total. The molecule has 0 bridgehead atoms. The van der Waals surface area contributed by atoms with Crippen LogP contribution < -0.4 is 0 Å². The van der Waals surface area contributed by atoms with Gasteiger partial charge < -0.3 is 9.47 Å². The Kier molecular flexibility index (Phi) is 6.38. The number of hydrogen-bond donors (Lipinski definition) is 0. The third kappa shape index (κ3) is 4.74. The van der Waals surface area contributed by atoms with Crippen LogP contribution in [-0.2, 0) is 14.3 Å². The van der Waals surface area contributed by atoms with Crippen molar-refractivity contribution < 1.29 is 19.1 Å². The molecule has 1 fully saturated rings. The Labute approximate surface area is 122 Å². The molecule has 5 heteroatoms. The zero-order valence-electron chi connectivity index (χ0n) is 11.0. The molecule has 1 aliphatic rings. The van der Waals surface area contributed by atoms with Crippen LogP contribution in [-0.4, -0.2) is 22.2 Å². The summed E-state index contributed by atoms with van der Waals surface area (Å²) in [4.78, 5) is 22.3. The molecule has 1 aliphatic carbocycles. The van der Waals surface area contributed by atoms with E-state index in [0.717, 1.165) is 19.3 Å². The molecule has 0 aliphatic heterocycles. The monoisotopic (exact) mass is 368 g/mol. The van der Waals surface area contributed by atoms with Gasteiger partial charge in [0.15, 0.2) is 6.61 Å². The lowest BCUT2D eigenvalue weighted by molar-refractivity contribution is -0.169. The van der Waals surface area contributed by atoms with Gasteiger partial charge >= 0.3 is 9.95 Å². The number of halogens is 1. The van der Waals surface area contributed by atoms with Crippen LogP contribution in [0, 0.1) is 5.92 Å². The fraction of sp³-hybridized carbons (Fsp3) is 0.846. The van der Waals surface area contributed by atoms with E-state index in [1.54, 1.807) is 0 Å². The first-order valence-electron chi connectivity index (χ1n) is 6.52. The quantitative estimate of drug-likeness (QED) is 0.420. The molecule has 1 unspecified atom stereocenters. The van der Waals surface area contributed by atoms with Gasteiger partial charge in [0.1, 0.15) is 5.60 Å². The molecule has 0 saturated heterocycles. The molecule has 1 rings (SSSR count). The standard InChI is InChI=1S/C13H21IO4/c1-3-13(2,10-7-5-4-6-8-10)18-11(15)9-17-12(14)16/h10H,3-9H2,1-2H3. The van der Waals surface area contributed by atoms with Crippen molar-refractivity contribution in [3.63, 3.8) is 0 Å².